The number of hydrogen-bond acceptors (Lipinski definition) is 4. The topological polar surface area (TPSA) is 62.8 Å². The molecule has 0 radical (unpaired) electrons. The van der Waals surface area contributed by atoms with Gasteiger partial charge < -0.3 is 9.52 Å². The van der Waals surface area contributed by atoms with Crippen LogP contribution in [0.15, 0.2) is 27.8 Å². The number of fused-ring (bicyclic) bond motifs is 1. The highest BCUT2D eigenvalue weighted by Crippen LogP contribution is 2.38. The van der Waals surface area contributed by atoms with Gasteiger partial charge in [0.25, 0.3) is 0 Å². The van der Waals surface area contributed by atoms with E-state index in [1.807, 2.05) is 0 Å². The molecule has 0 aliphatic rings. The largest absolute Gasteiger partial charge is 0.479 e. The van der Waals surface area contributed by atoms with Gasteiger partial charge in [-0.2, -0.15) is 0 Å². The van der Waals surface area contributed by atoms with Crippen molar-refractivity contribution in [3.05, 3.63) is 28.1 Å². The van der Waals surface area contributed by atoms with Crippen LogP contribution in [0.3, 0.4) is 0 Å². The van der Waals surface area contributed by atoms with Gasteiger partial charge >= 0.3 is 5.95 Å². The summed E-state index contributed by atoms with van der Waals surface area (Å²) in [4.78, 5) is 10.3. The molecule has 0 aliphatic carbocycles. The van der Waals surface area contributed by atoms with E-state index < -0.39 is 5.95 Å². The van der Waals surface area contributed by atoms with Gasteiger partial charge in [0.15, 0.2) is 5.69 Å². The molecule has 2 rings (SSSR count). The molecule has 0 atom stereocenters. The average molecular weight is 198 g/mol. The maximum Gasteiger partial charge on any atom is 0.313 e. The number of aromatic hydroxyl groups is 1. The molecule has 0 bridgehead atoms. The van der Waals surface area contributed by atoms with Gasteiger partial charge in [-0.05, 0) is 23.4 Å². The number of nitrogens with zero attached hydrogens (tertiary/aromatic N) is 1. The maximum absolute atomic E-state index is 10.3. The van der Waals surface area contributed by atoms with Gasteiger partial charge in [0.1, 0.15) is 5.58 Å². The molecule has 13 heavy (non-hydrogen) atoms. The van der Waals surface area contributed by atoms with Crippen LogP contribution in [-0.2, 0) is 0 Å². The summed E-state index contributed by atoms with van der Waals surface area (Å²) in [5.74, 6) is -0.479. The lowest BCUT2D eigenvalue weighted by molar-refractivity contribution is 0.348. The average Bonchev–Trinajstić information content (AvgIpc) is 2.40. The molecule has 0 spiro atoms. The highest BCUT2D eigenvalue weighted by atomic mass is 35.5. The minimum absolute atomic E-state index is 0.113. The lowest BCUT2D eigenvalue weighted by Gasteiger charge is -1.87. The van der Waals surface area contributed by atoms with E-state index in [2.05, 4.69) is 5.18 Å². The van der Waals surface area contributed by atoms with Crippen molar-refractivity contribution in [1.29, 1.82) is 0 Å². The normalized spacial score (nSPS) is 10.5. The third-order valence-corrected chi connectivity index (χ3v) is 1.93. The number of halogens is 1. The summed E-state index contributed by atoms with van der Waals surface area (Å²) in [7, 11) is 0. The van der Waals surface area contributed by atoms with Crippen LogP contribution < -0.4 is 0 Å². The van der Waals surface area contributed by atoms with Crippen molar-refractivity contribution in [3.63, 3.8) is 0 Å². The van der Waals surface area contributed by atoms with Crippen molar-refractivity contribution in [2.75, 3.05) is 0 Å². The van der Waals surface area contributed by atoms with Crippen LogP contribution in [0.25, 0.3) is 11.0 Å². The first-order chi connectivity index (χ1) is 6.22. The fourth-order valence-corrected chi connectivity index (χ4v) is 1.30. The lowest BCUT2D eigenvalue weighted by atomic mass is 10.2. The van der Waals surface area contributed by atoms with Gasteiger partial charge in [-0.25, -0.2) is 0 Å². The fraction of sp³-hybridized carbons (Fsp3) is 0. The summed E-state index contributed by atoms with van der Waals surface area (Å²) < 4.78 is 4.85. The van der Waals surface area contributed by atoms with Crippen molar-refractivity contribution in [2.45, 2.75) is 0 Å². The molecule has 2 aromatic rings. The first kappa shape index (κ1) is 8.07. The minimum Gasteiger partial charge on any atom is -0.479 e. The Balaban J connectivity index is 2.88. The zero-order valence-corrected chi connectivity index (χ0v) is 7.08. The molecule has 5 heteroatoms. The second kappa shape index (κ2) is 2.74. The summed E-state index contributed by atoms with van der Waals surface area (Å²) >= 11 is 5.69. The predicted octanol–water partition coefficient (Wildman–Crippen LogP) is 3.19. The van der Waals surface area contributed by atoms with Crippen molar-refractivity contribution in [3.8, 4) is 5.95 Å². The molecular formula is C8H4ClNO3. The predicted molar refractivity (Wildman–Crippen MR) is 48.3 cm³/mol. The summed E-state index contributed by atoms with van der Waals surface area (Å²) in [6.07, 6.45) is 0. The molecule has 0 saturated carbocycles. The van der Waals surface area contributed by atoms with E-state index in [9.17, 15) is 4.91 Å². The summed E-state index contributed by atoms with van der Waals surface area (Å²) in [5, 5.41) is 12.6. The summed E-state index contributed by atoms with van der Waals surface area (Å²) in [5.41, 5.74) is 0.272. The Bertz CT molecular complexity index is 477. The van der Waals surface area contributed by atoms with Gasteiger partial charge in [0, 0.05) is 5.02 Å². The third-order valence-electron chi connectivity index (χ3n) is 1.70. The minimum atomic E-state index is -0.479. The van der Waals surface area contributed by atoms with Gasteiger partial charge in [-0.1, -0.05) is 11.6 Å². The Kier molecular flexibility index (Phi) is 1.70. The van der Waals surface area contributed by atoms with Crippen molar-refractivity contribution >= 4 is 28.3 Å². The van der Waals surface area contributed by atoms with Crippen LogP contribution in [0.5, 0.6) is 5.95 Å². The number of furan rings is 1. The van der Waals surface area contributed by atoms with Crippen molar-refractivity contribution < 1.29 is 9.52 Å². The molecule has 0 fully saturated rings. The molecule has 0 unspecified atom stereocenters. The number of hydrogen-bond donors (Lipinski definition) is 1. The zero-order valence-electron chi connectivity index (χ0n) is 6.32. The smallest absolute Gasteiger partial charge is 0.313 e. The molecule has 1 heterocycles. The van der Waals surface area contributed by atoms with Crippen LogP contribution in [0.1, 0.15) is 0 Å². The highest BCUT2D eigenvalue weighted by Gasteiger charge is 2.13. The van der Waals surface area contributed by atoms with Crippen LogP contribution in [-0.4, -0.2) is 5.11 Å². The SMILES string of the molecule is O=Nc1c(O)oc2ccc(Cl)cc12. The Morgan fingerprint density at radius 3 is 2.92 bits per heavy atom. The van der Waals surface area contributed by atoms with Gasteiger partial charge in [0.05, 0.1) is 5.39 Å². The van der Waals surface area contributed by atoms with Crippen LogP contribution >= 0.6 is 11.6 Å². The molecule has 66 valence electrons. The Morgan fingerprint density at radius 1 is 1.46 bits per heavy atom. The first-order valence-electron chi connectivity index (χ1n) is 3.47. The quantitative estimate of drug-likeness (QED) is 0.714. The second-order valence-corrected chi connectivity index (χ2v) is 2.92. The van der Waals surface area contributed by atoms with Crippen molar-refractivity contribution in [2.24, 2.45) is 5.18 Å². The molecular weight excluding hydrogens is 194 g/mol. The Morgan fingerprint density at radius 2 is 2.23 bits per heavy atom. The molecule has 0 aliphatic heterocycles. The number of rotatable bonds is 1. The molecule has 1 aromatic carbocycles. The number of benzene rings is 1. The summed E-state index contributed by atoms with van der Waals surface area (Å²) in [6.45, 7) is 0. The second-order valence-electron chi connectivity index (χ2n) is 2.49. The van der Waals surface area contributed by atoms with E-state index in [0.29, 0.717) is 16.0 Å². The molecule has 0 amide bonds. The number of nitroso groups, excluding NO2 is 1. The van der Waals surface area contributed by atoms with Gasteiger partial charge in [-0.15, -0.1) is 4.91 Å². The van der Waals surface area contributed by atoms with E-state index in [0.717, 1.165) is 0 Å². The molecule has 1 N–H and O–H groups in total. The monoisotopic (exact) mass is 197 g/mol. The van der Waals surface area contributed by atoms with Gasteiger partial charge in [0.2, 0.25) is 0 Å². The molecule has 4 nitrogen and oxygen atoms in total. The van der Waals surface area contributed by atoms with E-state index in [1.54, 1.807) is 12.1 Å². The van der Waals surface area contributed by atoms with Crippen LogP contribution in [0.2, 0.25) is 5.02 Å². The maximum atomic E-state index is 10.3. The lowest BCUT2D eigenvalue weighted by Crippen LogP contribution is -1.64. The van der Waals surface area contributed by atoms with Crippen LogP contribution in [0.4, 0.5) is 5.69 Å². The van der Waals surface area contributed by atoms with E-state index in [4.69, 9.17) is 21.1 Å². The van der Waals surface area contributed by atoms with E-state index in [1.165, 1.54) is 6.07 Å². The standard InChI is InChI=1S/C8H4ClNO3/c9-4-1-2-6-5(3-4)7(10-12)8(11)13-6/h1-3,11H. The molecule has 0 saturated heterocycles. The first-order valence-corrected chi connectivity index (χ1v) is 3.84. The van der Waals surface area contributed by atoms with Crippen molar-refractivity contribution in [1.82, 2.24) is 0 Å². The molecule has 1 aromatic heterocycles. The van der Waals surface area contributed by atoms with E-state index >= 15 is 0 Å². The van der Waals surface area contributed by atoms with E-state index in [-0.39, 0.29) is 5.69 Å². The fourth-order valence-electron chi connectivity index (χ4n) is 1.13. The Labute approximate surface area is 77.7 Å². The van der Waals surface area contributed by atoms with Crippen LogP contribution in [0, 0.1) is 4.91 Å². The highest BCUT2D eigenvalue weighted by molar-refractivity contribution is 6.31. The Hall–Kier alpha value is -1.55. The summed E-state index contributed by atoms with van der Waals surface area (Å²) in [6, 6.07) is 4.67. The third kappa shape index (κ3) is 1.15. The zero-order chi connectivity index (χ0) is 9.42. The van der Waals surface area contributed by atoms with Gasteiger partial charge in [-0.3, -0.25) is 0 Å².